The normalized spacial score (nSPS) is 11.2. The second-order valence-electron chi connectivity index (χ2n) is 8.48. The minimum absolute atomic E-state index is 0.0574. The van der Waals surface area contributed by atoms with Crippen LogP contribution in [-0.4, -0.2) is 24.1 Å². The number of hydrogen-bond acceptors (Lipinski definition) is 4. The predicted octanol–water partition coefficient (Wildman–Crippen LogP) is 5.36. The monoisotopic (exact) mass is 442 g/mol. The van der Waals surface area contributed by atoms with E-state index in [-0.39, 0.29) is 5.43 Å². The summed E-state index contributed by atoms with van der Waals surface area (Å²) in [6.07, 6.45) is 0. The lowest BCUT2D eigenvalue weighted by atomic mass is 10.1. The summed E-state index contributed by atoms with van der Waals surface area (Å²) in [5.41, 5.74) is 6.31. The lowest BCUT2D eigenvalue weighted by Crippen LogP contribution is -2.24. The summed E-state index contributed by atoms with van der Waals surface area (Å²) in [6.45, 7) is 6.10. The first kappa shape index (κ1) is 22.6. The fourth-order valence-electron chi connectivity index (χ4n) is 4.41. The molecule has 0 bridgehead atoms. The van der Waals surface area contributed by atoms with Crippen LogP contribution < -0.4 is 14.9 Å². The molecule has 0 fully saturated rings. The van der Waals surface area contributed by atoms with Gasteiger partial charge >= 0.3 is 0 Å². The molecule has 170 valence electrons. The molecule has 1 heterocycles. The third-order valence-electron chi connectivity index (χ3n) is 5.82. The van der Waals surface area contributed by atoms with Crippen molar-refractivity contribution in [3.63, 3.8) is 0 Å². The van der Waals surface area contributed by atoms with Crippen LogP contribution in [0, 0.1) is 13.8 Å². The van der Waals surface area contributed by atoms with Gasteiger partial charge in [0.05, 0.1) is 19.7 Å². The molecule has 33 heavy (non-hydrogen) atoms. The Kier molecular flexibility index (Phi) is 6.80. The Morgan fingerprint density at radius 1 is 0.788 bits per heavy atom. The SMILES string of the molecule is COc1ccc(CN(Cc2ccccc2)Cc2cc(=O)c3c(C)cc(C)cc3[nH]2)cc1OC. The van der Waals surface area contributed by atoms with Crippen molar-refractivity contribution in [1.82, 2.24) is 9.88 Å². The zero-order valence-corrected chi connectivity index (χ0v) is 19.6. The van der Waals surface area contributed by atoms with Gasteiger partial charge < -0.3 is 14.5 Å². The van der Waals surface area contributed by atoms with Crippen LogP contribution in [0.25, 0.3) is 10.9 Å². The van der Waals surface area contributed by atoms with Gasteiger partial charge in [0.1, 0.15) is 0 Å². The zero-order chi connectivity index (χ0) is 23.4. The van der Waals surface area contributed by atoms with E-state index in [0.717, 1.165) is 39.8 Å². The number of ether oxygens (including phenoxy) is 2. The van der Waals surface area contributed by atoms with Gasteiger partial charge in [0.15, 0.2) is 16.9 Å². The minimum Gasteiger partial charge on any atom is -0.493 e. The molecule has 0 aliphatic rings. The Labute approximate surface area is 194 Å². The van der Waals surface area contributed by atoms with Gasteiger partial charge in [-0.1, -0.05) is 42.5 Å². The van der Waals surface area contributed by atoms with E-state index in [0.29, 0.717) is 24.6 Å². The van der Waals surface area contributed by atoms with E-state index in [1.165, 1.54) is 5.56 Å². The Hall–Kier alpha value is -3.57. The van der Waals surface area contributed by atoms with Crippen molar-refractivity contribution >= 4 is 10.9 Å². The molecule has 0 unspecified atom stereocenters. The van der Waals surface area contributed by atoms with Crippen molar-refractivity contribution in [2.75, 3.05) is 14.2 Å². The van der Waals surface area contributed by atoms with Crippen LogP contribution in [0.4, 0.5) is 0 Å². The maximum atomic E-state index is 12.9. The highest BCUT2D eigenvalue weighted by Crippen LogP contribution is 2.28. The van der Waals surface area contributed by atoms with Crippen molar-refractivity contribution in [2.45, 2.75) is 33.5 Å². The summed E-state index contributed by atoms with van der Waals surface area (Å²) in [5, 5.41) is 0.763. The summed E-state index contributed by atoms with van der Waals surface area (Å²) in [7, 11) is 3.28. The quantitative estimate of drug-likeness (QED) is 0.399. The lowest BCUT2D eigenvalue weighted by Gasteiger charge is -2.23. The molecule has 0 aliphatic carbocycles. The number of pyridine rings is 1. The molecular weight excluding hydrogens is 412 g/mol. The average Bonchev–Trinajstić information content (AvgIpc) is 2.78. The average molecular weight is 443 g/mol. The van der Waals surface area contributed by atoms with E-state index in [9.17, 15) is 4.79 Å². The lowest BCUT2D eigenvalue weighted by molar-refractivity contribution is 0.244. The van der Waals surface area contributed by atoms with E-state index in [4.69, 9.17) is 9.47 Å². The van der Waals surface area contributed by atoms with Gasteiger partial charge in [0.25, 0.3) is 0 Å². The zero-order valence-electron chi connectivity index (χ0n) is 19.6. The largest absolute Gasteiger partial charge is 0.493 e. The number of aryl methyl sites for hydroxylation is 2. The molecule has 0 spiro atoms. The second kappa shape index (κ2) is 9.92. The number of H-pyrrole nitrogens is 1. The summed E-state index contributed by atoms with van der Waals surface area (Å²) in [5.74, 6) is 1.42. The van der Waals surface area contributed by atoms with Crippen LogP contribution in [-0.2, 0) is 19.6 Å². The number of rotatable bonds is 8. The molecule has 5 heteroatoms. The predicted molar refractivity (Wildman–Crippen MR) is 133 cm³/mol. The van der Waals surface area contributed by atoms with Crippen LogP contribution >= 0.6 is 0 Å². The highest BCUT2D eigenvalue weighted by molar-refractivity contribution is 5.82. The third kappa shape index (κ3) is 5.26. The van der Waals surface area contributed by atoms with Crippen molar-refractivity contribution in [1.29, 1.82) is 0 Å². The molecule has 0 saturated carbocycles. The standard InChI is InChI=1S/C28H30N2O3/c1-19-12-20(2)28-24(13-19)29-23(15-25(28)31)18-30(16-21-8-6-5-7-9-21)17-22-10-11-26(32-3)27(14-22)33-4/h5-15H,16-18H2,1-4H3,(H,29,31). The van der Waals surface area contributed by atoms with Gasteiger partial charge in [0.2, 0.25) is 0 Å². The first-order valence-corrected chi connectivity index (χ1v) is 11.1. The summed E-state index contributed by atoms with van der Waals surface area (Å²) in [4.78, 5) is 18.7. The van der Waals surface area contributed by atoms with Gasteiger partial charge in [-0.15, -0.1) is 0 Å². The van der Waals surface area contributed by atoms with Crippen molar-refractivity contribution < 1.29 is 9.47 Å². The van der Waals surface area contributed by atoms with Crippen LogP contribution in [0.3, 0.4) is 0 Å². The van der Waals surface area contributed by atoms with Gasteiger partial charge in [-0.2, -0.15) is 0 Å². The summed E-state index contributed by atoms with van der Waals surface area (Å²) in [6, 6.07) is 22.2. The Balaban J connectivity index is 1.67. The molecule has 0 amide bonds. The fourth-order valence-corrected chi connectivity index (χ4v) is 4.41. The summed E-state index contributed by atoms with van der Waals surface area (Å²) < 4.78 is 10.9. The molecule has 0 radical (unpaired) electrons. The molecule has 0 saturated heterocycles. The smallest absolute Gasteiger partial charge is 0.189 e. The molecule has 1 N–H and O–H groups in total. The number of aromatic amines is 1. The van der Waals surface area contributed by atoms with E-state index in [1.807, 2.05) is 43.3 Å². The molecule has 0 atom stereocenters. The van der Waals surface area contributed by atoms with Crippen molar-refractivity contribution in [3.05, 3.63) is 105 Å². The topological polar surface area (TPSA) is 54.6 Å². The second-order valence-corrected chi connectivity index (χ2v) is 8.48. The Morgan fingerprint density at radius 3 is 2.24 bits per heavy atom. The number of nitrogens with zero attached hydrogens (tertiary/aromatic N) is 1. The van der Waals surface area contributed by atoms with Crippen molar-refractivity contribution in [2.24, 2.45) is 0 Å². The number of fused-ring (bicyclic) bond motifs is 1. The molecule has 0 aliphatic heterocycles. The van der Waals surface area contributed by atoms with Crippen LogP contribution in [0.15, 0.2) is 71.5 Å². The molecular formula is C28H30N2O3. The fraction of sp³-hybridized carbons (Fsp3) is 0.250. The van der Waals surface area contributed by atoms with Crippen LogP contribution in [0.5, 0.6) is 11.5 Å². The number of aromatic nitrogens is 1. The van der Waals surface area contributed by atoms with Gasteiger partial charge in [-0.3, -0.25) is 9.69 Å². The van der Waals surface area contributed by atoms with E-state index >= 15 is 0 Å². The molecule has 4 rings (SSSR count). The Morgan fingerprint density at radius 2 is 1.52 bits per heavy atom. The minimum atomic E-state index is 0.0574. The van der Waals surface area contributed by atoms with Gasteiger partial charge in [-0.05, 0) is 54.3 Å². The number of methoxy groups -OCH3 is 2. The molecule has 5 nitrogen and oxygen atoms in total. The van der Waals surface area contributed by atoms with Crippen LogP contribution in [0.2, 0.25) is 0 Å². The molecule has 3 aromatic carbocycles. The highest BCUT2D eigenvalue weighted by Gasteiger charge is 2.13. The van der Waals surface area contributed by atoms with Crippen LogP contribution in [0.1, 0.15) is 27.9 Å². The molecule has 4 aromatic rings. The maximum absolute atomic E-state index is 12.9. The van der Waals surface area contributed by atoms with Gasteiger partial charge in [-0.25, -0.2) is 0 Å². The molecule has 1 aromatic heterocycles. The van der Waals surface area contributed by atoms with Crippen molar-refractivity contribution in [3.8, 4) is 11.5 Å². The Bertz CT molecular complexity index is 1310. The first-order valence-electron chi connectivity index (χ1n) is 11.1. The number of hydrogen-bond donors (Lipinski definition) is 1. The van der Waals surface area contributed by atoms with E-state index in [2.05, 4.69) is 41.1 Å². The first-order chi connectivity index (χ1) is 16.0. The van der Waals surface area contributed by atoms with E-state index < -0.39 is 0 Å². The third-order valence-corrected chi connectivity index (χ3v) is 5.82. The van der Waals surface area contributed by atoms with Gasteiger partial charge in [0, 0.05) is 36.8 Å². The van der Waals surface area contributed by atoms with E-state index in [1.54, 1.807) is 20.3 Å². The number of benzene rings is 3. The maximum Gasteiger partial charge on any atom is 0.189 e. The summed E-state index contributed by atoms with van der Waals surface area (Å²) >= 11 is 0. The number of nitrogens with one attached hydrogen (secondary N) is 1. The highest BCUT2D eigenvalue weighted by atomic mass is 16.5.